The highest BCUT2D eigenvalue weighted by Crippen LogP contribution is 2.15. The fraction of sp³-hybridized carbons (Fsp3) is 0.529. The van der Waals surface area contributed by atoms with Gasteiger partial charge in [-0.3, -0.25) is 9.59 Å². The highest BCUT2D eigenvalue weighted by atomic mass is 16.5. The Morgan fingerprint density at radius 2 is 2.27 bits per heavy atom. The molecule has 1 aromatic rings. The molecule has 1 saturated heterocycles. The van der Waals surface area contributed by atoms with Crippen molar-refractivity contribution in [2.75, 3.05) is 19.6 Å². The zero-order chi connectivity index (χ0) is 15.9. The lowest BCUT2D eigenvalue weighted by molar-refractivity contribution is -0.127. The summed E-state index contributed by atoms with van der Waals surface area (Å²) in [7, 11) is 0. The van der Waals surface area contributed by atoms with E-state index >= 15 is 0 Å². The van der Waals surface area contributed by atoms with E-state index in [0.29, 0.717) is 23.8 Å². The van der Waals surface area contributed by atoms with Gasteiger partial charge in [-0.05, 0) is 57.8 Å². The molecule has 2 rings (SSSR count). The number of carbonyl (C=O) groups excluding carboxylic acids is 2. The molecule has 2 unspecified atom stereocenters. The summed E-state index contributed by atoms with van der Waals surface area (Å²) in [4.78, 5) is 23.4. The van der Waals surface area contributed by atoms with Crippen LogP contribution in [0.1, 0.15) is 37.0 Å². The highest BCUT2D eigenvalue weighted by molar-refractivity contribution is 5.94. The number of benzene rings is 1. The lowest BCUT2D eigenvalue weighted by Gasteiger charge is -2.16. The molecule has 22 heavy (non-hydrogen) atoms. The van der Waals surface area contributed by atoms with Crippen molar-refractivity contribution in [2.24, 2.45) is 5.92 Å². The Bertz CT molecular complexity index is 524. The molecule has 1 aliphatic heterocycles. The second-order valence-electron chi connectivity index (χ2n) is 5.78. The van der Waals surface area contributed by atoms with Gasteiger partial charge in [0.05, 0.1) is 0 Å². The molecule has 5 nitrogen and oxygen atoms in total. The predicted octanol–water partition coefficient (Wildman–Crippen LogP) is 1.77. The minimum absolute atomic E-state index is 0.0206. The van der Waals surface area contributed by atoms with Crippen LogP contribution >= 0.6 is 0 Å². The van der Waals surface area contributed by atoms with Crippen molar-refractivity contribution in [1.29, 1.82) is 0 Å². The maximum Gasteiger partial charge on any atom is 0.260 e. The third-order valence-electron chi connectivity index (χ3n) is 3.94. The fourth-order valence-corrected chi connectivity index (χ4v) is 2.55. The average molecular weight is 304 g/mol. The zero-order valence-electron chi connectivity index (χ0n) is 13.2. The van der Waals surface area contributed by atoms with Gasteiger partial charge in [-0.2, -0.15) is 0 Å². The third kappa shape index (κ3) is 4.84. The minimum Gasteiger partial charge on any atom is -0.481 e. The summed E-state index contributed by atoms with van der Waals surface area (Å²) < 4.78 is 5.61. The average Bonchev–Trinajstić information content (AvgIpc) is 3.00. The van der Waals surface area contributed by atoms with E-state index in [0.717, 1.165) is 19.5 Å². The Morgan fingerprint density at radius 3 is 2.95 bits per heavy atom. The maximum atomic E-state index is 12.0. The van der Waals surface area contributed by atoms with Gasteiger partial charge in [0.1, 0.15) is 5.75 Å². The van der Waals surface area contributed by atoms with E-state index in [-0.39, 0.29) is 11.7 Å². The van der Waals surface area contributed by atoms with Crippen molar-refractivity contribution in [2.45, 2.75) is 32.8 Å². The van der Waals surface area contributed by atoms with Gasteiger partial charge in [0.25, 0.3) is 5.91 Å². The predicted molar refractivity (Wildman–Crippen MR) is 85.1 cm³/mol. The molecule has 1 fully saturated rings. The van der Waals surface area contributed by atoms with Crippen LogP contribution in [0.2, 0.25) is 0 Å². The van der Waals surface area contributed by atoms with Crippen LogP contribution in [0.5, 0.6) is 5.75 Å². The van der Waals surface area contributed by atoms with E-state index in [4.69, 9.17) is 4.74 Å². The molecule has 0 saturated carbocycles. The van der Waals surface area contributed by atoms with E-state index < -0.39 is 6.10 Å². The van der Waals surface area contributed by atoms with Crippen molar-refractivity contribution in [3.63, 3.8) is 0 Å². The first-order valence-electron chi connectivity index (χ1n) is 7.82. The van der Waals surface area contributed by atoms with E-state index in [1.54, 1.807) is 31.2 Å². The van der Waals surface area contributed by atoms with E-state index in [1.807, 2.05) is 0 Å². The van der Waals surface area contributed by atoms with Crippen molar-refractivity contribution >= 4 is 11.7 Å². The SMILES string of the molecule is CC(=O)c1cccc(OC(C)C(=O)NCCC2CCNC2)c1. The van der Waals surface area contributed by atoms with Gasteiger partial charge in [-0.15, -0.1) is 0 Å². The molecule has 120 valence electrons. The summed E-state index contributed by atoms with van der Waals surface area (Å²) in [6.07, 6.45) is 1.59. The first-order valence-corrected chi connectivity index (χ1v) is 7.82. The minimum atomic E-state index is -0.580. The van der Waals surface area contributed by atoms with Crippen LogP contribution in [-0.4, -0.2) is 37.4 Å². The van der Waals surface area contributed by atoms with Crippen LogP contribution in [-0.2, 0) is 4.79 Å². The van der Waals surface area contributed by atoms with Crippen LogP contribution in [0.4, 0.5) is 0 Å². The Kier molecular flexibility index (Phi) is 5.95. The molecule has 2 atom stereocenters. The number of nitrogens with one attached hydrogen (secondary N) is 2. The quantitative estimate of drug-likeness (QED) is 0.754. The van der Waals surface area contributed by atoms with Gasteiger partial charge in [-0.1, -0.05) is 12.1 Å². The Hall–Kier alpha value is -1.88. The van der Waals surface area contributed by atoms with Crippen molar-refractivity contribution in [3.05, 3.63) is 29.8 Å². The van der Waals surface area contributed by atoms with Crippen LogP contribution in [0.15, 0.2) is 24.3 Å². The van der Waals surface area contributed by atoms with Crippen molar-refractivity contribution in [1.82, 2.24) is 10.6 Å². The molecule has 5 heteroatoms. The molecular weight excluding hydrogens is 280 g/mol. The van der Waals surface area contributed by atoms with E-state index in [2.05, 4.69) is 10.6 Å². The maximum absolute atomic E-state index is 12.0. The largest absolute Gasteiger partial charge is 0.481 e. The van der Waals surface area contributed by atoms with Crippen molar-refractivity contribution in [3.8, 4) is 5.75 Å². The standard InChI is InChI=1S/C17H24N2O3/c1-12(20)15-4-3-5-16(10-15)22-13(2)17(21)19-9-7-14-6-8-18-11-14/h3-5,10,13-14,18H,6-9,11H2,1-2H3,(H,19,21). The van der Waals surface area contributed by atoms with Gasteiger partial charge >= 0.3 is 0 Å². The van der Waals surface area contributed by atoms with Gasteiger partial charge < -0.3 is 15.4 Å². The molecule has 0 aromatic heterocycles. The normalized spacial score (nSPS) is 18.7. The van der Waals surface area contributed by atoms with Crippen LogP contribution in [0, 0.1) is 5.92 Å². The number of ketones is 1. The van der Waals surface area contributed by atoms with Crippen molar-refractivity contribution < 1.29 is 14.3 Å². The second kappa shape index (κ2) is 7.94. The monoisotopic (exact) mass is 304 g/mol. The van der Waals surface area contributed by atoms with Gasteiger partial charge in [0.15, 0.2) is 11.9 Å². The molecule has 0 bridgehead atoms. The van der Waals surface area contributed by atoms with Gasteiger partial charge in [0, 0.05) is 12.1 Å². The van der Waals surface area contributed by atoms with E-state index in [9.17, 15) is 9.59 Å². The Morgan fingerprint density at radius 1 is 1.45 bits per heavy atom. The summed E-state index contributed by atoms with van der Waals surface area (Å²) in [5.74, 6) is 1.05. The van der Waals surface area contributed by atoms with Crippen LogP contribution in [0.25, 0.3) is 0 Å². The highest BCUT2D eigenvalue weighted by Gasteiger charge is 2.17. The summed E-state index contributed by atoms with van der Waals surface area (Å²) >= 11 is 0. The molecule has 0 spiro atoms. The number of carbonyl (C=O) groups is 2. The molecular formula is C17H24N2O3. The molecule has 1 heterocycles. The number of hydrogen-bond donors (Lipinski definition) is 2. The second-order valence-corrected chi connectivity index (χ2v) is 5.78. The summed E-state index contributed by atoms with van der Waals surface area (Å²) in [6.45, 7) is 6.01. The lowest BCUT2D eigenvalue weighted by atomic mass is 10.1. The van der Waals surface area contributed by atoms with Crippen LogP contribution in [0.3, 0.4) is 0 Å². The first-order chi connectivity index (χ1) is 10.6. The molecule has 1 aromatic carbocycles. The smallest absolute Gasteiger partial charge is 0.260 e. The molecule has 2 N–H and O–H groups in total. The van der Waals surface area contributed by atoms with Gasteiger partial charge in [-0.25, -0.2) is 0 Å². The number of amides is 1. The van der Waals surface area contributed by atoms with Gasteiger partial charge in [0.2, 0.25) is 0 Å². The summed E-state index contributed by atoms with van der Waals surface area (Å²) in [5.41, 5.74) is 0.582. The lowest BCUT2D eigenvalue weighted by Crippen LogP contribution is -2.37. The molecule has 1 aliphatic rings. The molecule has 0 radical (unpaired) electrons. The summed E-state index contributed by atoms with van der Waals surface area (Å²) in [6, 6.07) is 6.90. The van der Waals surface area contributed by atoms with Crippen LogP contribution < -0.4 is 15.4 Å². The Labute approximate surface area is 131 Å². The molecule has 1 amide bonds. The number of hydrogen-bond acceptors (Lipinski definition) is 4. The molecule has 0 aliphatic carbocycles. The number of ether oxygens (including phenoxy) is 1. The Balaban J connectivity index is 1.77. The number of Topliss-reactive ketones (excluding diaryl/α,β-unsaturated/α-hetero) is 1. The number of rotatable bonds is 7. The first kappa shape index (κ1) is 16.5. The summed E-state index contributed by atoms with van der Waals surface area (Å²) in [5, 5.41) is 6.22. The topological polar surface area (TPSA) is 67.4 Å². The third-order valence-corrected chi connectivity index (χ3v) is 3.94. The zero-order valence-corrected chi connectivity index (χ0v) is 13.2. The fourth-order valence-electron chi connectivity index (χ4n) is 2.55. The van der Waals surface area contributed by atoms with E-state index in [1.165, 1.54) is 13.3 Å².